The second kappa shape index (κ2) is 13.7. The number of aromatic nitrogens is 3. The molecule has 5 rings (SSSR count). The first-order chi connectivity index (χ1) is 20.0. The molecule has 5 aromatic rings. The Balaban J connectivity index is 1.58. The number of halogens is 2. The van der Waals surface area contributed by atoms with Crippen molar-refractivity contribution in [2.75, 3.05) is 11.5 Å². The third-order valence-electron chi connectivity index (χ3n) is 7.18. The molecule has 0 spiro atoms. The molecule has 0 aliphatic rings. The minimum Gasteiger partial charge on any atom is -0.494 e. The number of aryl methyl sites for hydroxylation is 2. The third-order valence-corrected chi connectivity index (χ3v) is 8.57. The van der Waals surface area contributed by atoms with E-state index in [0.717, 1.165) is 61.3 Å². The van der Waals surface area contributed by atoms with Crippen molar-refractivity contribution in [3.8, 4) is 11.4 Å². The normalized spacial score (nSPS) is 11.2. The summed E-state index contributed by atoms with van der Waals surface area (Å²) in [6.07, 6.45) is 6.97. The maximum Gasteiger partial charge on any atom is 0.131 e. The summed E-state index contributed by atoms with van der Waals surface area (Å²) < 4.78 is 7.37. The highest BCUT2D eigenvalue weighted by Crippen LogP contribution is 2.44. The first-order valence-corrected chi connectivity index (χ1v) is 16.1. The average Bonchev–Trinajstić information content (AvgIpc) is 3.46. The maximum atomic E-state index is 5.60. The quantitative estimate of drug-likeness (QED) is 0.132. The Labute approximate surface area is 259 Å². The van der Waals surface area contributed by atoms with Gasteiger partial charge in [-0.1, -0.05) is 51.0 Å². The van der Waals surface area contributed by atoms with Crippen LogP contribution in [0.1, 0.15) is 57.6 Å². The summed E-state index contributed by atoms with van der Waals surface area (Å²) >= 11 is 7.74. The van der Waals surface area contributed by atoms with Gasteiger partial charge in [0.1, 0.15) is 16.8 Å². The van der Waals surface area contributed by atoms with Crippen LogP contribution in [0.2, 0.25) is 0 Å². The fourth-order valence-corrected chi connectivity index (χ4v) is 5.96. The predicted molar refractivity (Wildman–Crippen MR) is 177 cm³/mol. The second-order valence-electron chi connectivity index (χ2n) is 10.2. The molecule has 0 bridgehead atoms. The van der Waals surface area contributed by atoms with Crippen LogP contribution in [0.25, 0.3) is 16.7 Å². The Hall–Kier alpha value is -3.16. The summed E-state index contributed by atoms with van der Waals surface area (Å²) in [5.41, 5.74) is 8.35. The van der Waals surface area contributed by atoms with E-state index in [1.807, 2.05) is 31.2 Å². The molecule has 0 unspecified atom stereocenters. The zero-order valence-corrected chi connectivity index (χ0v) is 27.1. The number of hydrogen-bond acceptors (Lipinski definition) is 4. The fraction of sp³-hybridized carbons (Fsp3) is 0.294. The van der Waals surface area contributed by atoms with E-state index >= 15 is 0 Å². The van der Waals surface area contributed by atoms with Crippen molar-refractivity contribution in [2.45, 2.75) is 59.3 Å². The molecule has 4 aromatic carbocycles. The van der Waals surface area contributed by atoms with Gasteiger partial charge < -0.3 is 9.64 Å². The lowest BCUT2D eigenvalue weighted by Crippen LogP contribution is -2.11. The van der Waals surface area contributed by atoms with Crippen LogP contribution in [0.4, 0.5) is 17.1 Å². The van der Waals surface area contributed by atoms with Crippen LogP contribution < -0.4 is 9.64 Å². The number of unbranched alkanes of at least 4 members (excludes halogenated alkanes) is 2. The van der Waals surface area contributed by atoms with Gasteiger partial charge in [0.05, 0.1) is 22.5 Å². The van der Waals surface area contributed by atoms with Crippen molar-refractivity contribution in [3.63, 3.8) is 0 Å². The van der Waals surface area contributed by atoms with Gasteiger partial charge >= 0.3 is 0 Å². The number of ether oxygens (including phenoxy) is 1. The van der Waals surface area contributed by atoms with Crippen LogP contribution in [0.5, 0.6) is 5.75 Å². The second-order valence-corrected chi connectivity index (χ2v) is 11.8. The van der Waals surface area contributed by atoms with E-state index in [1.165, 1.54) is 36.8 Å². The Bertz CT molecular complexity index is 1530. The highest BCUT2D eigenvalue weighted by molar-refractivity contribution is 9.11. The number of benzene rings is 4. The molecular formula is C34H36Br2N4O. The number of anilines is 3. The van der Waals surface area contributed by atoms with Gasteiger partial charge in [0.15, 0.2) is 0 Å². The molecule has 212 valence electrons. The third kappa shape index (κ3) is 6.68. The highest BCUT2D eigenvalue weighted by atomic mass is 79.9. The van der Waals surface area contributed by atoms with Gasteiger partial charge in [-0.05, 0) is 130 Å². The van der Waals surface area contributed by atoms with Gasteiger partial charge in [0, 0.05) is 15.8 Å². The molecule has 1 heterocycles. The molecule has 0 amide bonds. The lowest BCUT2D eigenvalue weighted by atomic mass is 10.1. The van der Waals surface area contributed by atoms with Crippen molar-refractivity contribution in [2.24, 2.45) is 0 Å². The van der Waals surface area contributed by atoms with Gasteiger partial charge in [-0.25, -0.2) is 0 Å². The van der Waals surface area contributed by atoms with Crippen LogP contribution in [-0.2, 0) is 12.8 Å². The smallest absolute Gasteiger partial charge is 0.131 e. The largest absolute Gasteiger partial charge is 0.494 e. The van der Waals surface area contributed by atoms with Gasteiger partial charge in [-0.15, -0.1) is 10.2 Å². The van der Waals surface area contributed by atoms with Crippen molar-refractivity contribution in [1.82, 2.24) is 15.0 Å². The Morgan fingerprint density at radius 3 is 1.76 bits per heavy atom. The van der Waals surface area contributed by atoms with Gasteiger partial charge in [-0.3, -0.25) is 0 Å². The molecule has 5 nitrogen and oxygen atoms in total. The fourth-order valence-electron chi connectivity index (χ4n) is 4.92. The van der Waals surface area contributed by atoms with Crippen molar-refractivity contribution in [1.29, 1.82) is 0 Å². The van der Waals surface area contributed by atoms with E-state index in [2.05, 4.69) is 105 Å². The molecule has 0 aliphatic heterocycles. The average molecular weight is 676 g/mol. The lowest BCUT2D eigenvalue weighted by molar-refractivity contribution is 0.340. The molecule has 0 saturated carbocycles. The van der Waals surface area contributed by atoms with Crippen LogP contribution in [-0.4, -0.2) is 21.6 Å². The molecule has 0 radical (unpaired) electrons. The van der Waals surface area contributed by atoms with E-state index in [1.54, 1.807) is 4.80 Å². The van der Waals surface area contributed by atoms with Crippen molar-refractivity contribution in [3.05, 3.63) is 98.9 Å². The molecule has 0 aliphatic carbocycles. The highest BCUT2D eigenvalue weighted by Gasteiger charge is 2.22. The molecule has 41 heavy (non-hydrogen) atoms. The molecule has 1 aromatic heterocycles. The number of fused-ring (bicyclic) bond motifs is 1. The SMILES string of the molecule is CCCCc1ccc(N(c2ccc(CCCC)cc2)c2cc(Br)c3nn(-c4ccc(OCC)cc4)nc3c2Br)cc1. The number of rotatable bonds is 12. The monoisotopic (exact) mass is 674 g/mol. The van der Waals surface area contributed by atoms with Crippen LogP contribution in [0.15, 0.2) is 87.8 Å². The van der Waals surface area contributed by atoms with E-state index in [4.69, 9.17) is 14.9 Å². The zero-order chi connectivity index (χ0) is 28.8. The molecule has 7 heteroatoms. The summed E-state index contributed by atoms with van der Waals surface area (Å²) in [7, 11) is 0. The molecule has 0 fully saturated rings. The number of hydrogen-bond donors (Lipinski definition) is 0. The summed E-state index contributed by atoms with van der Waals surface area (Å²) in [4.78, 5) is 3.96. The predicted octanol–water partition coefficient (Wildman–Crippen LogP) is 10.5. The Kier molecular flexibility index (Phi) is 9.78. The Morgan fingerprint density at radius 1 is 0.707 bits per heavy atom. The van der Waals surface area contributed by atoms with Gasteiger partial charge in [-0.2, -0.15) is 4.80 Å². The summed E-state index contributed by atoms with van der Waals surface area (Å²) in [5.74, 6) is 0.828. The Morgan fingerprint density at radius 2 is 1.24 bits per heavy atom. The standard InChI is InChI=1S/C34H36Br2N4O/c1-4-7-9-24-11-15-26(16-12-24)39(27-17-13-25(14-18-27)10-8-5-2)31-23-30(35)33-34(32(31)36)38-40(37-33)28-19-21-29(22-20-28)41-6-3/h11-23H,4-10H2,1-3H3. The van der Waals surface area contributed by atoms with E-state index in [9.17, 15) is 0 Å². The van der Waals surface area contributed by atoms with Crippen LogP contribution in [0, 0.1) is 0 Å². The van der Waals surface area contributed by atoms with E-state index in [-0.39, 0.29) is 0 Å². The lowest BCUT2D eigenvalue weighted by Gasteiger charge is -2.27. The van der Waals surface area contributed by atoms with Crippen molar-refractivity contribution < 1.29 is 4.74 Å². The minimum absolute atomic E-state index is 0.630. The van der Waals surface area contributed by atoms with Crippen LogP contribution >= 0.6 is 31.9 Å². The van der Waals surface area contributed by atoms with E-state index < -0.39 is 0 Å². The molecule has 0 N–H and O–H groups in total. The molecule has 0 atom stereocenters. The number of nitrogens with zero attached hydrogens (tertiary/aromatic N) is 4. The van der Waals surface area contributed by atoms with Gasteiger partial charge in [0.25, 0.3) is 0 Å². The van der Waals surface area contributed by atoms with E-state index in [0.29, 0.717) is 6.61 Å². The van der Waals surface area contributed by atoms with Gasteiger partial charge in [0.2, 0.25) is 0 Å². The molecule has 0 saturated heterocycles. The first-order valence-electron chi connectivity index (χ1n) is 14.5. The summed E-state index contributed by atoms with van der Waals surface area (Å²) in [5, 5.41) is 9.72. The van der Waals surface area contributed by atoms with Crippen LogP contribution in [0.3, 0.4) is 0 Å². The summed E-state index contributed by atoms with van der Waals surface area (Å²) in [6.45, 7) is 7.08. The zero-order valence-electron chi connectivity index (χ0n) is 23.9. The summed E-state index contributed by atoms with van der Waals surface area (Å²) in [6, 6.07) is 27.8. The van der Waals surface area contributed by atoms with Crippen molar-refractivity contribution >= 4 is 60.0 Å². The molecular weight excluding hydrogens is 640 g/mol. The first kappa shape index (κ1) is 29.3. The maximum absolute atomic E-state index is 5.60. The minimum atomic E-state index is 0.630. The topological polar surface area (TPSA) is 43.2 Å².